The van der Waals surface area contributed by atoms with Crippen molar-refractivity contribution in [2.75, 3.05) is 0 Å². The quantitative estimate of drug-likeness (QED) is 0.728. The highest BCUT2D eigenvalue weighted by atomic mass is 16.4. The maximum atomic E-state index is 12.4. The average molecular weight is 353 g/mol. The first kappa shape index (κ1) is 19.7. The molecule has 0 fully saturated rings. The second-order valence-electron chi connectivity index (χ2n) is 6.77. The lowest BCUT2D eigenvalue weighted by Crippen LogP contribution is -2.36. The Balaban J connectivity index is 2.19. The molecule has 0 radical (unpaired) electrons. The van der Waals surface area contributed by atoms with Crippen molar-refractivity contribution in [1.82, 2.24) is 4.90 Å². The number of aromatic carboxylic acids is 1. The van der Waals surface area contributed by atoms with Crippen molar-refractivity contribution in [1.29, 1.82) is 0 Å². The highest BCUT2D eigenvalue weighted by Crippen LogP contribution is 2.24. The van der Waals surface area contributed by atoms with Crippen LogP contribution in [0.15, 0.2) is 48.5 Å². The van der Waals surface area contributed by atoms with Gasteiger partial charge in [0.2, 0.25) is 5.91 Å². The van der Waals surface area contributed by atoms with Crippen LogP contribution in [0.3, 0.4) is 0 Å². The van der Waals surface area contributed by atoms with Gasteiger partial charge in [-0.1, -0.05) is 55.8 Å². The minimum absolute atomic E-state index is 0.145. The third-order valence-electron chi connectivity index (χ3n) is 4.46. The summed E-state index contributed by atoms with van der Waals surface area (Å²) in [6.45, 7) is 6.71. The minimum Gasteiger partial charge on any atom is -0.478 e. The number of hydrogen-bond acceptors (Lipinski definition) is 2. The molecule has 0 aliphatic rings. The molecule has 0 aliphatic carbocycles. The highest BCUT2D eigenvalue weighted by Gasteiger charge is 2.17. The van der Waals surface area contributed by atoms with Crippen molar-refractivity contribution < 1.29 is 14.7 Å². The fourth-order valence-corrected chi connectivity index (χ4v) is 2.94. The number of carbonyl (C=O) groups is 2. The van der Waals surface area contributed by atoms with E-state index >= 15 is 0 Å². The summed E-state index contributed by atoms with van der Waals surface area (Å²) in [6.07, 6.45) is 2.50. The fraction of sp³-hybridized carbons (Fsp3) is 0.364. The monoisotopic (exact) mass is 353 g/mol. The smallest absolute Gasteiger partial charge is 0.336 e. The van der Waals surface area contributed by atoms with Gasteiger partial charge in [-0.3, -0.25) is 4.79 Å². The maximum absolute atomic E-state index is 12.4. The summed E-state index contributed by atoms with van der Waals surface area (Å²) in [5, 5.41) is 9.35. The molecule has 2 rings (SSSR count). The van der Waals surface area contributed by atoms with Crippen molar-refractivity contribution in [3.8, 4) is 11.1 Å². The summed E-state index contributed by atoms with van der Waals surface area (Å²) in [7, 11) is 0. The van der Waals surface area contributed by atoms with Crippen molar-refractivity contribution in [3.63, 3.8) is 0 Å². The number of amides is 1. The summed E-state index contributed by atoms with van der Waals surface area (Å²) in [6, 6.07) is 14.9. The van der Waals surface area contributed by atoms with E-state index in [9.17, 15) is 14.7 Å². The number of nitrogens with zero attached hydrogens (tertiary/aromatic N) is 1. The fourth-order valence-electron chi connectivity index (χ4n) is 2.94. The number of benzene rings is 2. The number of carbonyl (C=O) groups excluding carboxylic acids is 1. The predicted octanol–water partition coefficient (Wildman–Crippen LogP) is 4.98. The van der Waals surface area contributed by atoms with Gasteiger partial charge in [0.15, 0.2) is 0 Å². The number of carboxylic acid groups (broad SMARTS) is 1. The van der Waals surface area contributed by atoms with Crippen LogP contribution in [-0.2, 0) is 11.3 Å². The first-order chi connectivity index (χ1) is 12.4. The van der Waals surface area contributed by atoms with E-state index < -0.39 is 5.97 Å². The van der Waals surface area contributed by atoms with E-state index in [4.69, 9.17) is 0 Å². The molecule has 138 valence electrons. The van der Waals surface area contributed by atoms with Crippen LogP contribution in [0.25, 0.3) is 11.1 Å². The van der Waals surface area contributed by atoms with Gasteiger partial charge in [0.1, 0.15) is 0 Å². The molecule has 0 aliphatic heterocycles. The number of rotatable bonds is 8. The molecule has 0 saturated heterocycles. The van der Waals surface area contributed by atoms with E-state index in [0.717, 1.165) is 24.0 Å². The molecule has 0 unspecified atom stereocenters. The zero-order chi connectivity index (χ0) is 19.1. The Kier molecular flexibility index (Phi) is 6.96. The molecular formula is C22H27NO3. The third-order valence-corrected chi connectivity index (χ3v) is 4.46. The number of hydrogen-bond donors (Lipinski definition) is 1. The van der Waals surface area contributed by atoms with E-state index in [1.165, 1.54) is 0 Å². The van der Waals surface area contributed by atoms with E-state index in [0.29, 0.717) is 24.1 Å². The molecule has 4 nitrogen and oxygen atoms in total. The summed E-state index contributed by atoms with van der Waals surface area (Å²) < 4.78 is 0. The van der Waals surface area contributed by atoms with Gasteiger partial charge < -0.3 is 10.0 Å². The van der Waals surface area contributed by atoms with Gasteiger partial charge in [0.05, 0.1) is 5.56 Å². The van der Waals surface area contributed by atoms with Crippen molar-refractivity contribution in [2.24, 2.45) is 0 Å². The lowest BCUT2D eigenvalue weighted by atomic mass is 9.98. The molecule has 4 heteroatoms. The van der Waals surface area contributed by atoms with Crippen LogP contribution in [0.5, 0.6) is 0 Å². The topological polar surface area (TPSA) is 57.6 Å². The summed E-state index contributed by atoms with van der Waals surface area (Å²) in [5.41, 5.74) is 2.89. The van der Waals surface area contributed by atoms with Gasteiger partial charge in [-0.05, 0) is 43.0 Å². The molecule has 1 N–H and O–H groups in total. The average Bonchev–Trinajstić information content (AvgIpc) is 2.64. The van der Waals surface area contributed by atoms with Gasteiger partial charge in [-0.2, -0.15) is 0 Å². The number of unbranched alkanes of at least 4 members (excludes halogenated alkanes) is 1. The predicted molar refractivity (Wildman–Crippen MR) is 104 cm³/mol. The molecule has 0 spiro atoms. The summed E-state index contributed by atoms with van der Waals surface area (Å²) in [5.74, 6) is -0.751. The van der Waals surface area contributed by atoms with Crippen LogP contribution in [0, 0.1) is 0 Å². The van der Waals surface area contributed by atoms with Gasteiger partial charge in [-0.15, -0.1) is 0 Å². The van der Waals surface area contributed by atoms with Crippen LogP contribution in [0.2, 0.25) is 0 Å². The van der Waals surface area contributed by atoms with Gasteiger partial charge >= 0.3 is 5.97 Å². The van der Waals surface area contributed by atoms with Gasteiger partial charge in [0, 0.05) is 19.0 Å². The molecule has 0 heterocycles. The Labute approximate surface area is 155 Å². The van der Waals surface area contributed by atoms with Crippen LogP contribution < -0.4 is 0 Å². The van der Waals surface area contributed by atoms with Crippen molar-refractivity contribution in [2.45, 2.75) is 52.6 Å². The van der Waals surface area contributed by atoms with E-state index in [1.807, 2.05) is 55.1 Å². The summed E-state index contributed by atoms with van der Waals surface area (Å²) in [4.78, 5) is 25.7. The van der Waals surface area contributed by atoms with E-state index in [2.05, 4.69) is 6.92 Å². The van der Waals surface area contributed by atoms with Crippen LogP contribution in [-0.4, -0.2) is 27.9 Å². The van der Waals surface area contributed by atoms with Crippen LogP contribution >= 0.6 is 0 Å². The van der Waals surface area contributed by atoms with Crippen LogP contribution in [0.1, 0.15) is 56.0 Å². The van der Waals surface area contributed by atoms with E-state index in [-0.39, 0.29) is 11.9 Å². The van der Waals surface area contributed by atoms with Crippen LogP contribution in [0.4, 0.5) is 0 Å². The van der Waals surface area contributed by atoms with Gasteiger partial charge in [-0.25, -0.2) is 4.79 Å². The van der Waals surface area contributed by atoms with Crippen molar-refractivity contribution >= 4 is 11.9 Å². The van der Waals surface area contributed by atoms with E-state index in [1.54, 1.807) is 12.1 Å². The molecule has 1 amide bonds. The first-order valence-corrected chi connectivity index (χ1v) is 9.15. The Morgan fingerprint density at radius 2 is 1.69 bits per heavy atom. The lowest BCUT2D eigenvalue weighted by molar-refractivity contribution is -0.133. The Morgan fingerprint density at radius 3 is 2.27 bits per heavy atom. The maximum Gasteiger partial charge on any atom is 0.336 e. The minimum atomic E-state index is -0.933. The van der Waals surface area contributed by atoms with Gasteiger partial charge in [0.25, 0.3) is 0 Å². The molecule has 2 aromatic carbocycles. The SMILES string of the molecule is CCCCC(=O)N(Cc1ccc(-c2ccccc2C(=O)O)cc1)C(C)C. The van der Waals surface area contributed by atoms with Crippen molar-refractivity contribution in [3.05, 3.63) is 59.7 Å². The molecule has 0 saturated carbocycles. The highest BCUT2D eigenvalue weighted by molar-refractivity contribution is 5.96. The molecule has 0 bridgehead atoms. The Morgan fingerprint density at radius 1 is 1.04 bits per heavy atom. The zero-order valence-electron chi connectivity index (χ0n) is 15.7. The standard InChI is InChI=1S/C22H27NO3/c1-4-5-10-21(24)23(16(2)3)15-17-11-13-18(14-12-17)19-8-6-7-9-20(19)22(25)26/h6-9,11-14,16H,4-5,10,15H2,1-3H3,(H,25,26). The lowest BCUT2D eigenvalue weighted by Gasteiger charge is -2.27. The molecule has 0 aromatic heterocycles. The Bertz CT molecular complexity index is 750. The summed E-state index contributed by atoms with van der Waals surface area (Å²) >= 11 is 0. The molecule has 0 atom stereocenters. The molecular weight excluding hydrogens is 326 g/mol. The normalized spacial score (nSPS) is 10.8. The second-order valence-corrected chi connectivity index (χ2v) is 6.77. The molecule has 26 heavy (non-hydrogen) atoms. The third kappa shape index (κ3) is 4.94. The zero-order valence-corrected chi connectivity index (χ0v) is 15.7. The molecule has 2 aromatic rings. The number of carboxylic acids is 1. The first-order valence-electron chi connectivity index (χ1n) is 9.15. The second kappa shape index (κ2) is 9.18. The Hall–Kier alpha value is -2.62. The largest absolute Gasteiger partial charge is 0.478 e.